The van der Waals surface area contributed by atoms with Gasteiger partial charge < -0.3 is 18.9 Å². The first-order chi connectivity index (χ1) is 18.6. The molecule has 0 atom stereocenters. The first-order valence-corrected chi connectivity index (χ1v) is 14.2. The summed E-state index contributed by atoms with van der Waals surface area (Å²) in [5.41, 5.74) is 12.3. The summed E-state index contributed by atoms with van der Waals surface area (Å²) in [6, 6.07) is 8.62. The van der Waals surface area contributed by atoms with Crippen molar-refractivity contribution in [3.8, 4) is 23.0 Å². The van der Waals surface area contributed by atoms with Crippen molar-refractivity contribution in [1.29, 1.82) is 0 Å². The van der Waals surface area contributed by atoms with Crippen LogP contribution in [0.3, 0.4) is 0 Å². The molecule has 0 fully saturated rings. The van der Waals surface area contributed by atoms with E-state index in [1.54, 1.807) is 28.4 Å². The maximum Gasteiger partial charge on any atom is 0.123 e. The van der Waals surface area contributed by atoms with Crippen LogP contribution in [-0.2, 0) is 23.7 Å². The van der Waals surface area contributed by atoms with Gasteiger partial charge in [-0.1, -0.05) is 41.5 Å². The number of ether oxygens (including phenoxy) is 4. The molecule has 0 unspecified atom stereocenters. The number of rotatable bonds is 8. The van der Waals surface area contributed by atoms with Crippen molar-refractivity contribution in [2.45, 2.75) is 92.9 Å². The van der Waals surface area contributed by atoms with Crippen molar-refractivity contribution in [1.82, 2.24) is 0 Å². The number of hydrogen-bond donors (Lipinski definition) is 0. The van der Waals surface area contributed by atoms with Crippen LogP contribution in [0.25, 0.3) is 0 Å². The average Bonchev–Trinajstić information content (AvgIpc) is 2.90. The van der Waals surface area contributed by atoms with E-state index in [1.807, 2.05) is 0 Å². The van der Waals surface area contributed by atoms with E-state index in [-0.39, 0.29) is 10.8 Å². The Bertz CT molecular complexity index is 1280. The van der Waals surface area contributed by atoms with Gasteiger partial charge in [0.2, 0.25) is 0 Å². The molecule has 0 aliphatic carbocycles. The molecule has 0 aliphatic heterocycles. The molecular weight excluding hydrogens is 496 g/mol. The van der Waals surface area contributed by atoms with Gasteiger partial charge in [-0.25, -0.2) is 0 Å². The molecule has 0 aliphatic rings. The summed E-state index contributed by atoms with van der Waals surface area (Å²) in [4.78, 5) is 0. The lowest BCUT2D eigenvalue weighted by Gasteiger charge is -2.26. The molecule has 0 bridgehead atoms. The van der Waals surface area contributed by atoms with Gasteiger partial charge >= 0.3 is 0 Å². The zero-order chi connectivity index (χ0) is 30.2. The lowest BCUT2D eigenvalue weighted by molar-refractivity contribution is 0.385. The van der Waals surface area contributed by atoms with E-state index in [2.05, 4.69) is 93.5 Å². The van der Waals surface area contributed by atoms with Crippen LogP contribution < -0.4 is 18.9 Å². The van der Waals surface area contributed by atoms with E-state index in [9.17, 15) is 0 Å². The summed E-state index contributed by atoms with van der Waals surface area (Å²) >= 11 is 0. The standard InChI is InChI=1S/C36H50O4/c1-21-22(2)24(4)28(16-26-18-34(40-14)30(36(8,9)10)20-32(26)38-12)27(23(21)3)15-25-17-33(39-13)29(35(5,6)7)19-31(25)37-11/h17-20H,15-16H2,1-14H3. The number of benzene rings is 3. The molecular formula is C36H50O4. The summed E-state index contributed by atoms with van der Waals surface area (Å²) < 4.78 is 23.7. The van der Waals surface area contributed by atoms with Crippen LogP contribution in [0.15, 0.2) is 24.3 Å². The summed E-state index contributed by atoms with van der Waals surface area (Å²) in [5, 5.41) is 0. The smallest absolute Gasteiger partial charge is 0.123 e. The lowest BCUT2D eigenvalue weighted by atomic mass is 9.81. The van der Waals surface area contributed by atoms with Crippen LogP contribution in [0.1, 0.15) is 97.2 Å². The third kappa shape index (κ3) is 6.11. The fourth-order valence-corrected chi connectivity index (χ4v) is 5.70. The minimum Gasteiger partial charge on any atom is -0.496 e. The maximum atomic E-state index is 5.95. The van der Waals surface area contributed by atoms with Crippen LogP contribution in [0, 0.1) is 27.7 Å². The molecule has 0 heterocycles. The molecule has 218 valence electrons. The molecule has 4 nitrogen and oxygen atoms in total. The Morgan fingerprint density at radius 2 is 0.750 bits per heavy atom. The predicted molar refractivity (Wildman–Crippen MR) is 167 cm³/mol. The van der Waals surface area contributed by atoms with E-state index in [4.69, 9.17) is 18.9 Å². The summed E-state index contributed by atoms with van der Waals surface area (Å²) in [5.74, 6) is 3.57. The van der Waals surface area contributed by atoms with Gasteiger partial charge in [-0.15, -0.1) is 0 Å². The van der Waals surface area contributed by atoms with Gasteiger partial charge in [0, 0.05) is 35.1 Å². The van der Waals surface area contributed by atoms with Crippen LogP contribution in [0.4, 0.5) is 0 Å². The fourth-order valence-electron chi connectivity index (χ4n) is 5.70. The number of hydrogen-bond acceptors (Lipinski definition) is 4. The van der Waals surface area contributed by atoms with Crippen molar-refractivity contribution < 1.29 is 18.9 Å². The van der Waals surface area contributed by atoms with Gasteiger partial charge in [0.05, 0.1) is 28.4 Å². The largest absolute Gasteiger partial charge is 0.496 e. The molecule has 40 heavy (non-hydrogen) atoms. The summed E-state index contributed by atoms with van der Waals surface area (Å²) in [6.45, 7) is 22.1. The molecule has 0 saturated heterocycles. The van der Waals surface area contributed by atoms with E-state index in [1.165, 1.54) is 33.4 Å². The second kappa shape index (κ2) is 11.8. The van der Waals surface area contributed by atoms with Crippen molar-refractivity contribution in [2.75, 3.05) is 28.4 Å². The molecule has 3 aromatic rings. The molecule has 0 N–H and O–H groups in total. The van der Waals surface area contributed by atoms with E-state index in [0.29, 0.717) is 0 Å². The Morgan fingerprint density at radius 1 is 0.450 bits per heavy atom. The van der Waals surface area contributed by atoms with Crippen molar-refractivity contribution in [3.05, 3.63) is 79.9 Å². The minimum absolute atomic E-state index is 0.0654. The molecule has 4 heteroatoms. The Labute approximate surface area is 243 Å². The van der Waals surface area contributed by atoms with Crippen LogP contribution in [-0.4, -0.2) is 28.4 Å². The van der Waals surface area contributed by atoms with Gasteiger partial charge in [-0.05, 0) is 96.2 Å². The highest BCUT2D eigenvalue weighted by Crippen LogP contribution is 2.41. The second-order valence-corrected chi connectivity index (χ2v) is 13.0. The molecule has 0 saturated carbocycles. The Balaban J connectivity index is 2.26. The van der Waals surface area contributed by atoms with Crippen LogP contribution >= 0.6 is 0 Å². The molecule has 0 amide bonds. The summed E-state index contributed by atoms with van der Waals surface area (Å²) in [7, 11) is 7.01. The zero-order valence-electron chi connectivity index (χ0n) is 27.4. The predicted octanol–water partition coefficient (Wildman–Crippen LogP) is 8.73. The Kier molecular flexibility index (Phi) is 9.23. The molecule has 0 aromatic heterocycles. The first-order valence-electron chi connectivity index (χ1n) is 14.2. The average molecular weight is 547 g/mol. The monoisotopic (exact) mass is 546 g/mol. The van der Waals surface area contributed by atoms with Crippen LogP contribution in [0.5, 0.6) is 23.0 Å². The normalized spacial score (nSPS) is 11.9. The van der Waals surface area contributed by atoms with Gasteiger partial charge in [0.1, 0.15) is 23.0 Å². The SMILES string of the molecule is COc1cc(C(C)(C)C)c(OC)cc1Cc1c(C)c(C)c(C)c(C)c1Cc1cc(OC)c(C(C)(C)C)cc1OC. The topological polar surface area (TPSA) is 36.9 Å². The van der Waals surface area contributed by atoms with Gasteiger partial charge in [-0.2, -0.15) is 0 Å². The highest BCUT2D eigenvalue weighted by atomic mass is 16.5. The second-order valence-electron chi connectivity index (χ2n) is 13.0. The van der Waals surface area contributed by atoms with Gasteiger partial charge in [0.25, 0.3) is 0 Å². The Morgan fingerprint density at radius 3 is 1.00 bits per heavy atom. The Hall–Kier alpha value is -3.14. The summed E-state index contributed by atoms with van der Waals surface area (Å²) in [6.07, 6.45) is 1.49. The maximum absolute atomic E-state index is 5.95. The van der Waals surface area contributed by atoms with Crippen LogP contribution in [0.2, 0.25) is 0 Å². The van der Waals surface area contributed by atoms with E-state index < -0.39 is 0 Å². The van der Waals surface area contributed by atoms with Crippen molar-refractivity contribution in [3.63, 3.8) is 0 Å². The van der Waals surface area contributed by atoms with E-state index in [0.717, 1.165) is 58.1 Å². The highest BCUT2D eigenvalue weighted by molar-refractivity contribution is 5.58. The molecule has 3 aromatic carbocycles. The van der Waals surface area contributed by atoms with Crippen molar-refractivity contribution in [2.24, 2.45) is 0 Å². The first kappa shape index (κ1) is 31.4. The molecule has 0 radical (unpaired) electrons. The quantitative estimate of drug-likeness (QED) is 0.283. The molecule has 3 rings (SSSR count). The number of methoxy groups -OCH3 is 4. The van der Waals surface area contributed by atoms with Crippen molar-refractivity contribution >= 4 is 0 Å². The lowest BCUT2D eigenvalue weighted by Crippen LogP contribution is -2.15. The fraction of sp³-hybridized carbons (Fsp3) is 0.500. The third-order valence-corrected chi connectivity index (χ3v) is 8.51. The minimum atomic E-state index is -0.0654. The van der Waals surface area contributed by atoms with Gasteiger partial charge in [0.15, 0.2) is 0 Å². The third-order valence-electron chi connectivity index (χ3n) is 8.51. The van der Waals surface area contributed by atoms with Gasteiger partial charge in [-0.3, -0.25) is 0 Å². The van der Waals surface area contributed by atoms with E-state index >= 15 is 0 Å². The zero-order valence-corrected chi connectivity index (χ0v) is 27.4. The molecule has 0 spiro atoms. The highest BCUT2D eigenvalue weighted by Gasteiger charge is 2.26.